The molecule has 0 spiro atoms. The predicted octanol–water partition coefficient (Wildman–Crippen LogP) is 3.00. The molecule has 1 aromatic heterocycles. The molecule has 2 aromatic rings. The highest BCUT2D eigenvalue weighted by Crippen LogP contribution is 2.12. The lowest BCUT2D eigenvalue weighted by atomic mass is 10.2. The Balaban J connectivity index is 2.01. The second-order valence-corrected chi connectivity index (χ2v) is 5.43. The van der Waals surface area contributed by atoms with Gasteiger partial charge in [-0.25, -0.2) is 9.97 Å². The molecule has 21 heavy (non-hydrogen) atoms. The lowest BCUT2D eigenvalue weighted by Crippen LogP contribution is -2.25. The van der Waals surface area contributed by atoms with E-state index in [4.69, 9.17) is 0 Å². The number of benzene rings is 1. The van der Waals surface area contributed by atoms with E-state index in [1.807, 2.05) is 18.5 Å². The van der Waals surface area contributed by atoms with E-state index < -0.39 is 0 Å². The molecule has 0 aliphatic heterocycles. The van der Waals surface area contributed by atoms with Gasteiger partial charge in [0, 0.05) is 43.6 Å². The fourth-order valence-electron chi connectivity index (χ4n) is 2.05. The van der Waals surface area contributed by atoms with Gasteiger partial charge in [0.15, 0.2) is 0 Å². The van der Waals surface area contributed by atoms with Crippen LogP contribution in [0, 0.1) is 0 Å². The van der Waals surface area contributed by atoms with Crippen molar-refractivity contribution < 1.29 is 0 Å². The summed E-state index contributed by atoms with van der Waals surface area (Å²) in [6.45, 7) is 8.92. The summed E-state index contributed by atoms with van der Waals surface area (Å²) in [5.41, 5.74) is 2.39. The van der Waals surface area contributed by atoms with Crippen molar-refractivity contribution in [3.63, 3.8) is 0 Å². The molecular formula is C17H24N4. The summed E-state index contributed by atoms with van der Waals surface area (Å²) in [5, 5.41) is 3.37. The molecule has 0 fully saturated rings. The summed E-state index contributed by atoms with van der Waals surface area (Å²) in [4.78, 5) is 11.2. The van der Waals surface area contributed by atoms with Crippen molar-refractivity contribution in [1.29, 1.82) is 0 Å². The van der Waals surface area contributed by atoms with Gasteiger partial charge in [-0.3, -0.25) is 0 Å². The lowest BCUT2D eigenvalue weighted by molar-refractivity contribution is 0.586. The Morgan fingerprint density at radius 1 is 1.05 bits per heavy atom. The van der Waals surface area contributed by atoms with Crippen LogP contribution < -0.4 is 10.2 Å². The van der Waals surface area contributed by atoms with Gasteiger partial charge in [-0.15, -0.1) is 0 Å². The van der Waals surface area contributed by atoms with Crippen LogP contribution in [0.25, 0.3) is 0 Å². The number of rotatable bonds is 7. The fourth-order valence-corrected chi connectivity index (χ4v) is 2.05. The highest BCUT2D eigenvalue weighted by molar-refractivity contribution is 5.32. The minimum absolute atomic E-state index is 0.467. The molecule has 0 amide bonds. The number of nitrogens with zero attached hydrogens (tertiary/aromatic N) is 3. The van der Waals surface area contributed by atoms with Gasteiger partial charge in [0.05, 0.1) is 0 Å². The standard InChI is InChI=1S/C17H24N4/c1-4-21(13-15-8-6-5-7-9-15)17-19-11-16(12-20-17)10-18-14(2)3/h5-9,11-12,14,18H,4,10,13H2,1-3H3. The van der Waals surface area contributed by atoms with Crippen molar-refractivity contribution in [3.8, 4) is 0 Å². The number of nitrogens with one attached hydrogen (secondary N) is 1. The number of aromatic nitrogens is 2. The van der Waals surface area contributed by atoms with Crippen LogP contribution in [0.15, 0.2) is 42.7 Å². The van der Waals surface area contributed by atoms with Gasteiger partial charge in [-0.2, -0.15) is 0 Å². The molecule has 2 rings (SSSR count). The Morgan fingerprint density at radius 3 is 2.29 bits per heavy atom. The smallest absolute Gasteiger partial charge is 0.225 e. The molecule has 0 aliphatic carbocycles. The van der Waals surface area contributed by atoms with E-state index in [2.05, 4.69) is 65.2 Å². The average Bonchev–Trinajstić information content (AvgIpc) is 2.52. The molecule has 0 aliphatic rings. The van der Waals surface area contributed by atoms with Gasteiger partial charge >= 0.3 is 0 Å². The van der Waals surface area contributed by atoms with Crippen LogP contribution in [0.1, 0.15) is 31.9 Å². The largest absolute Gasteiger partial charge is 0.337 e. The summed E-state index contributed by atoms with van der Waals surface area (Å²) in [5.74, 6) is 0.787. The van der Waals surface area contributed by atoms with E-state index in [0.29, 0.717) is 6.04 Å². The third kappa shape index (κ3) is 4.83. The van der Waals surface area contributed by atoms with Crippen molar-refractivity contribution >= 4 is 5.95 Å². The van der Waals surface area contributed by atoms with Crippen LogP contribution in [-0.2, 0) is 13.1 Å². The molecule has 0 saturated carbocycles. The summed E-state index contributed by atoms with van der Waals surface area (Å²) >= 11 is 0. The molecule has 1 N–H and O–H groups in total. The zero-order valence-corrected chi connectivity index (χ0v) is 13.1. The molecule has 0 atom stereocenters. The Bertz CT molecular complexity index is 522. The van der Waals surface area contributed by atoms with Crippen molar-refractivity contribution in [2.45, 2.75) is 39.9 Å². The van der Waals surface area contributed by atoms with Crippen molar-refractivity contribution in [2.24, 2.45) is 0 Å². The second kappa shape index (κ2) is 7.74. The first-order chi connectivity index (χ1) is 10.2. The first-order valence-corrected chi connectivity index (χ1v) is 7.52. The van der Waals surface area contributed by atoms with Crippen LogP contribution in [0.3, 0.4) is 0 Å². The molecule has 1 aromatic carbocycles. The molecule has 4 heteroatoms. The first-order valence-electron chi connectivity index (χ1n) is 7.52. The number of hydrogen-bond acceptors (Lipinski definition) is 4. The maximum Gasteiger partial charge on any atom is 0.225 e. The Kier molecular flexibility index (Phi) is 5.69. The van der Waals surface area contributed by atoms with Crippen LogP contribution in [0.4, 0.5) is 5.95 Å². The fraction of sp³-hybridized carbons (Fsp3) is 0.412. The van der Waals surface area contributed by atoms with E-state index in [-0.39, 0.29) is 0 Å². The molecular weight excluding hydrogens is 260 g/mol. The number of anilines is 1. The van der Waals surface area contributed by atoms with Crippen LogP contribution in [0.5, 0.6) is 0 Å². The monoisotopic (exact) mass is 284 g/mol. The highest BCUT2D eigenvalue weighted by atomic mass is 15.2. The molecule has 4 nitrogen and oxygen atoms in total. The van der Waals surface area contributed by atoms with Crippen molar-refractivity contribution in [3.05, 3.63) is 53.9 Å². The zero-order chi connectivity index (χ0) is 15.1. The summed E-state index contributed by atoms with van der Waals surface area (Å²) in [7, 11) is 0. The third-order valence-corrected chi connectivity index (χ3v) is 3.29. The lowest BCUT2D eigenvalue weighted by Gasteiger charge is -2.21. The SMILES string of the molecule is CCN(Cc1ccccc1)c1ncc(CNC(C)C)cn1. The van der Waals surface area contributed by atoms with Crippen molar-refractivity contribution in [2.75, 3.05) is 11.4 Å². The maximum atomic E-state index is 4.50. The second-order valence-electron chi connectivity index (χ2n) is 5.43. The van der Waals surface area contributed by atoms with E-state index in [0.717, 1.165) is 31.1 Å². The molecule has 1 heterocycles. The predicted molar refractivity (Wildman–Crippen MR) is 87.2 cm³/mol. The summed E-state index contributed by atoms with van der Waals surface area (Å²) < 4.78 is 0. The minimum atomic E-state index is 0.467. The Labute approximate surface area is 127 Å². The summed E-state index contributed by atoms with van der Waals surface area (Å²) in [6, 6.07) is 10.9. The summed E-state index contributed by atoms with van der Waals surface area (Å²) in [6.07, 6.45) is 3.82. The normalized spacial score (nSPS) is 10.9. The topological polar surface area (TPSA) is 41.1 Å². The van der Waals surface area contributed by atoms with E-state index in [9.17, 15) is 0 Å². The number of hydrogen-bond donors (Lipinski definition) is 1. The Morgan fingerprint density at radius 2 is 1.71 bits per heavy atom. The Hall–Kier alpha value is -1.94. The molecule has 0 radical (unpaired) electrons. The van der Waals surface area contributed by atoms with E-state index in [1.54, 1.807) is 0 Å². The average molecular weight is 284 g/mol. The third-order valence-electron chi connectivity index (χ3n) is 3.29. The molecule has 112 valence electrons. The first kappa shape index (κ1) is 15.4. The van der Waals surface area contributed by atoms with Gasteiger partial charge in [0.2, 0.25) is 5.95 Å². The van der Waals surface area contributed by atoms with Gasteiger partial charge in [0.25, 0.3) is 0 Å². The van der Waals surface area contributed by atoms with Crippen LogP contribution in [-0.4, -0.2) is 22.6 Å². The highest BCUT2D eigenvalue weighted by Gasteiger charge is 2.08. The quantitative estimate of drug-likeness (QED) is 0.848. The van der Waals surface area contributed by atoms with E-state index >= 15 is 0 Å². The van der Waals surface area contributed by atoms with Gasteiger partial charge < -0.3 is 10.2 Å². The van der Waals surface area contributed by atoms with Gasteiger partial charge in [-0.05, 0) is 12.5 Å². The van der Waals surface area contributed by atoms with Gasteiger partial charge in [0.1, 0.15) is 0 Å². The van der Waals surface area contributed by atoms with Crippen molar-refractivity contribution in [1.82, 2.24) is 15.3 Å². The molecule has 0 bridgehead atoms. The van der Waals surface area contributed by atoms with Crippen LogP contribution in [0.2, 0.25) is 0 Å². The van der Waals surface area contributed by atoms with E-state index in [1.165, 1.54) is 5.56 Å². The zero-order valence-electron chi connectivity index (χ0n) is 13.1. The minimum Gasteiger partial charge on any atom is -0.337 e. The maximum absolute atomic E-state index is 4.50. The molecule has 0 unspecified atom stereocenters. The van der Waals surface area contributed by atoms with Crippen LogP contribution >= 0.6 is 0 Å². The van der Waals surface area contributed by atoms with Gasteiger partial charge in [-0.1, -0.05) is 44.2 Å². The molecule has 0 saturated heterocycles.